The Morgan fingerprint density at radius 3 is 2.17 bits per heavy atom. The number of aliphatic carboxylic acids is 1. The van der Waals surface area contributed by atoms with Crippen LogP contribution in [0.5, 0.6) is 23.0 Å². The molecule has 2 aromatic rings. The molecule has 156 valence electrons. The molecule has 0 fully saturated rings. The highest BCUT2D eigenvalue weighted by Crippen LogP contribution is 2.42. The van der Waals surface area contributed by atoms with E-state index in [0.29, 0.717) is 0 Å². The number of nitrogens with one attached hydrogen (secondary N) is 1. The van der Waals surface area contributed by atoms with Gasteiger partial charge in [-0.2, -0.15) is 0 Å². The molecule has 0 spiro atoms. The first-order valence-corrected chi connectivity index (χ1v) is 8.53. The minimum Gasteiger partial charge on any atom is -0.506 e. The van der Waals surface area contributed by atoms with Crippen LogP contribution < -0.4 is 15.0 Å². The normalized spacial score (nSPS) is 11.6. The number of ether oxygens (including phenoxy) is 3. The fraction of sp³-hybridized carbons (Fsp3) is 0.316. The number of phenols is 1. The summed E-state index contributed by atoms with van der Waals surface area (Å²) in [5.41, 5.74) is -1.23. The van der Waals surface area contributed by atoms with Crippen LogP contribution in [0.4, 0.5) is 0 Å². The van der Waals surface area contributed by atoms with E-state index in [4.69, 9.17) is 14.2 Å². The van der Waals surface area contributed by atoms with Crippen molar-refractivity contribution in [3.63, 3.8) is 0 Å². The number of hydrogen-bond donors (Lipinski definition) is 4. The smallest absolute Gasteiger partial charge is 0.343 e. The van der Waals surface area contributed by atoms with E-state index < -0.39 is 35.6 Å². The maximum atomic E-state index is 12.5. The van der Waals surface area contributed by atoms with E-state index in [0.717, 1.165) is 6.20 Å². The van der Waals surface area contributed by atoms with Crippen molar-refractivity contribution < 1.29 is 39.1 Å². The van der Waals surface area contributed by atoms with Crippen molar-refractivity contribution in [2.45, 2.75) is 19.3 Å². The summed E-state index contributed by atoms with van der Waals surface area (Å²) in [6.45, 7) is 1.61. The third-order valence-corrected chi connectivity index (χ3v) is 4.23. The summed E-state index contributed by atoms with van der Waals surface area (Å²) in [4.78, 5) is 38.3. The molecule has 0 amide bonds. The molecule has 2 rings (SSSR count). The average molecular weight is 407 g/mol. The van der Waals surface area contributed by atoms with Crippen LogP contribution in [0.2, 0.25) is 0 Å². The van der Waals surface area contributed by atoms with Gasteiger partial charge in [0.2, 0.25) is 5.75 Å². The topological polar surface area (TPSA) is 155 Å². The van der Waals surface area contributed by atoms with Crippen molar-refractivity contribution in [2.75, 3.05) is 20.8 Å². The van der Waals surface area contributed by atoms with Gasteiger partial charge in [0.15, 0.2) is 11.5 Å². The molecular formula is C19H21NO9. The molecule has 0 radical (unpaired) electrons. The zero-order valence-corrected chi connectivity index (χ0v) is 16.0. The lowest BCUT2D eigenvalue weighted by molar-refractivity contribution is -0.137. The Labute approximate surface area is 165 Å². The van der Waals surface area contributed by atoms with Crippen LogP contribution in [0.3, 0.4) is 0 Å². The number of methoxy groups -OCH3 is 2. The largest absolute Gasteiger partial charge is 0.506 e. The zero-order chi connectivity index (χ0) is 21.7. The Morgan fingerprint density at radius 2 is 1.69 bits per heavy atom. The van der Waals surface area contributed by atoms with Crippen LogP contribution in [0.15, 0.2) is 23.1 Å². The summed E-state index contributed by atoms with van der Waals surface area (Å²) in [6, 6.07) is 2.64. The first-order valence-electron chi connectivity index (χ1n) is 8.53. The number of carboxylic acid groups (broad SMARTS) is 1. The first-order chi connectivity index (χ1) is 13.7. The summed E-state index contributed by atoms with van der Waals surface area (Å²) in [6.07, 6.45) is 0.398. The van der Waals surface area contributed by atoms with Gasteiger partial charge in [0.25, 0.3) is 5.56 Å². The van der Waals surface area contributed by atoms with Crippen molar-refractivity contribution in [3.05, 3.63) is 45.4 Å². The summed E-state index contributed by atoms with van der Waals surface area (Å²) >= 11 is 0. The second kappa shape index (κ2) is 9.00. The number of aromatic hydroxyl groups is 2. The highest BCUT2D eigenvalue weighted by molar-refractivity contribution is 5.92. The first kappa shape index (κ1) is 21.6. The van der Waals surface area contributed by atoms with Gasteiger partial charge in [-0.1, -0.05) is 0 Å². The van der Waals surface area contributed by atoms with Crippen molar-refractivity contribution in [1.29, 1.82) is 0 Å². The van der Waals surface area contributed by atoms with Crippen molar-refractivity contribution in [2.24, 2.45) is 0 Å². The molecule has 1 heterocycles. The third-order valence-electron chi connectivity index (χ3n) is 4.23. The number of pyridine rings is 1. The molecule has 10 nitrogen and oxygen atoms in total. The maximum absolute atomic E-state index is 12.5. The molecule has 0 saturated carbocycles. The number of benzene rings is 1. The van der Waals surface area contributed by atoms with Gasteiger partial charge in [0.1, 0.15) is 11.3 Å². The lowest BCUT2D eigenvalue weighted by atomic mass is 9.87. The highest BCUT2D eigenvalue weighted by Gasteiger charge is 2.29. The quantitative estimate of drug-likeness (QED) is 0.477. The molecule has 0 bridgehead atoms. The molecule has 1 aromatic heterocycles. The molecule has 1 atom stereocenters. The fourth-order valence-corrected chi connectivity index (χ4v) is 2.90. The summed E-state index contributed by atoms with van der Waals surface area (Å²) in [5.74, 6) is -4.37. The van der Waals surface area contributed by atoms with E-state index in [2.05, 4.69) is 4.98 Å². The number of carbonyl (C=O) groups excluding carboxylic acids is 1. The lowest BCUT2D eigenvalue weighted by Crippen LogP contribution is -2.22. The molecule has 0 aliphatic carbocycles. The van der Waals surface area contributed by atoms with Gasteiger partial charge in [-0.25, -0.2) is 4.79 Å². The minimum absolute atomic E-state index is 0.0211. The molecule has 0 aliphatic heterocycles. The van der Waals surface area contributed by atoms with Gasteiger partial charge >= 0.3 is 11.9 Å². The Morgan fingerprint density at radius 1 is 1.10 bits per heavy atom. The Balaban J connectivity index is 2.75. The number of esters is 1. The SMILES string of the molecule is CCOC(=O)c1c[nH]c(=O)c(C(CC(=O)O)c2cc(OC)c(O)c(OC)c2)c1O. The maximum Gasteiger partial charge on any atom is 0.343 e. The van der Waals surface area contributed by atoms with Crippen LogP contribution in [-0.4, -0.2) is 53.1 Å². The molecule has 29 heavy (non-hydrogen) atoms. The van der Waals surface area contributed by atoms with Crippen LogP contribution in [0.1, 0.15) is 40.7 Å². The second-order valence-corrected chi connectivity index (χ2v) is 5.94. The van der Waals surface area contributed by atoms with E-state index in [-0.39, 0.29) is 40.5 Å². The van der Waals surface area contributed by atoms with Gasteiger partial charge in [-0.05, 0) is 24.6 Å². The van der Waals surface area contributed by atoms with Crippen LogP contribution in [0, 0.1) is 0 Å². The number of rotatable bonds is 8. The van der Waals surface area contributed by atoms with Crippen molar-refractivity contribution >= 4 is 11.9 Å². The van der Waals surface area contributed by atoms with Gasteiger partial charge in [-0.3, -0.25) is 9.59 Å². The number of aromatic nitrogens is 1. The van der Waals surface area contributed by atoms with Gasteiger partial charge < -0.3 is 34.5 Å². The predicted octanol–water partition coefficient (Wildman–Crippen LogP) is 1.59. The summed E-state index contributed by atoms with van der Waals surface area (Å²) in [7, 11) is 2.58. The Hall–Kier alpha value is -3.69. The molecule has 4 N–H and O–H groups in total. The predicted molar refractivity (Wildman–Crippen MR) is 100.0 cm³/mol. The molecule has 0 saturated heterocycles. The van der Waals surface area contributed by atoms with E-state index >= 15 is 0 Å². The van der Waals surface area contributed by atoms with Gasteiger partial charge in [-0.15, -0.1) is 0 Å². The van der Waals surface area contributed by atoms with E-state index in [1.165, 1.54) is 26.4 Å². The minimum atomic E-state index is -1.26. The van der Waals surface area contributed by atoms with Crippen LogP contribution in [0.25, 0.3) is 0 Å². The average Bonchev–Trinajstić information content (AvgIpc) is 2.67. The number of hydrogen-bond acceptors (Lipinski definition) is 8. The zero-order valence-electron chi connectivity index (χ0n) is 16.0. The van der Waals surface area contributed by atoms with Crippen LogP contribution >= 0.6 is 0 Å². The molecule has 10 heteroatoms. The fourth-order valence-electron chi connectivity index (χ4n) is 2.90. The van der Waals surface area contributed by atoms with Gasteiger partial charge in [0, 0.05) is 12.1 Å². The number of carbonyl (C=O) groups is 2. The van der Waals surface area contributed by atoms with Gasteiger partial charge in [0.05, 0.1) is 32.8 Å². The number of phenolic OH excluding ortho intramolecular Hbond substituents is 1. The molecule has 1 aromatic carbocycles. The number of aromatic amines is 1. The third kappa shape index (κ3) is 4.42. The second-order valence-electron chi connectivity index (χ2n) is 5.94. The van der Waals surface area contributed by atoms with Crippen molar-refractivity contribution in [1.82, 2.24) is 4.98 Å². The number of carboxylic acids is 1. The van der Waals surface area contributed by atoms with E-state index in [1.54, 1.807) is 6.92 Å². The summed E-state index contributed by atoms with van der Waals surface area (Å²) in [5, 5.41) is 30.0. The monoisotopic (exact) mass is 407 g/mol. The molecule has 0 aliphatic rings. The Kier molecular flexibility index (Phi) is 6.71. The van der Waals surface area contributed by atoms with Crippen LogP contribution in [-0.2, 0) is 9.53 Å². The summed E-state index contributed by atoms with van der Waals surface area (Å²) < 4.78 is 15.0. The number of H-pyrrole nitrogens is 1. The molecule has 1 unspecified atom stereocenters. The Bertz CT molecular complexity index is 955. The lowest BCUT2D eigenvalue weighted by Gasteiger charge is -2.20. The van der Waals surface area contributed by atoms with E-state index in [1.807, 2.05) is 0 Å². The van der Waals surface area contributed by atoms with E-state index in [9.17, 15) is 29.7 Å². The van der Waals surface area contributed by atoms with Crippen molar-refractivity contribution in [3.8, 4) is 23.0 Å². The standard InChI is InChI=1S/C19H21NO9/c1-4-29-19(26)11-8-20-18(25)15(16(11)23)10(7-14(21)22)9-5-12(27-2)17(24)13(6-9)28-3/h5-6,8,10,24H,4,7H2,1-3H3,(H,21,22)(H2,20,23,25). The highest BCUT2D eigenvalue weighted by atomic mass is 16.5. The molecular weight excluding hydrogens is 386 g/mol.